The average molecular weight is 771 g/mol. The standard InChI is InChI=1S/C52H34O7/c53-46-41(38-24-22-30-12-5-7-14-34(30)27-38)47(54)48(55)43-39(36-16-8-15-35(25-36)32-19-17-31(18-20-32)28-9-2-1-3-10-28)44-45(50(57)52(59)51(58)49(44)56)40(42(43)46)37-23-21-29-11-4-6-13-33(29)26-37/h1-27,53-59H. The third-order valence-corrected chi connectivity index (χ3v) is 11.4. The molecule has 284 valence electrons. The number of benzene rings is 10. The molecule has 7 nitrogen and oxygen atoms in total. The normalized spacial score (nSPS) is 11.5. The number of fused-ring (bicyclic) bond motifs is 4. The Labute approximate surface area is 337 Å². The number of hydrogen-bond acceptors (Lipinski definition) is 7. The number of hydrogen-bond donors (Lipinski definition) is 7. The smallest absolute Gasteiger partial charge is 0.204 e. The largest absolute Gasteiger partial charge is 0.506 e. The Hall–Kier alpha value is -8.16. The monoisotopic (exact) mass is 770 g/mol. The Kier molecular flexibility index (Phi) is 8.07. The highest BCUT2D eigenvalue weighted by Crippen LogP contribution is 2.62. The Balaban J connectivity index is 1.34. The summed E-state index contributed by atoms with van der Waals surface area (Å²) in [5, 5.41) is 86.3. The predicted molar refractivity (Wildman–Crippen MR) is 235 cm³/mol. The van der Waals surface area contributed by atoms with Crippen LogP contribution in [-0.2, 0) is 0 Å². The van der Waals surface area contributed by atoms with E-state index in [1.165, 1.54) is 0 Å². The zero-order valence-corrected chi connectivity index (χ0v) is 31.2. The van der Waals surface area contributed by atoms with Crippen LogP contribution in [0.15, 0.2) is 164 Å². The van der Waals surface area contributed by atoms with Crippen LogP contribution in [0.5, 0.6) is 40.2 Å². The van der Waals surface area contributed by atoms with E-state index in [4.69, 9.17) is 0 Å². The summed E-state index contributed by atoms with van der Waals surface area (Å²) in [6.45, 7) is 0. The van der Waals surface area contributed by atoms with Crippen molar-refractivity contribution < 1.29 is 35.7 Å². The van der Waals surface area contributed by atoms with Crippen molar-refractivity contribution in [2.24, 2.45) is 0 Å². The van der Waals surface area contributed by atoms with Crippen LogP contribution in [0.1, 0.15) is 0 Å². The molecular formula is C52H34O7. The van der Waals surface area contributed by atoms with Gasteiger partial charge in [-0.15, -0.1) is 0 Å². The summed E-state index contributed by atoms with van der Waals surface area (Å²) in [7, 11) is 0. The van der Waals surface area contributed by atoms with Gasteiger partial charge in [-0.1, -0.05) is 146 Å². The molecule has 10 aromatic rings. The summed E-state index contributed by atoms with van der Waals surface area (Å²) in [5.74, 6) is -5.12. The molecule has 0 aliphatic heterocycles. The number of rotatable bonds is 5. The third kappa shape index (κ3) is 5.51. The fraction of sp³-hybridized carbons (Fsp3) is 0. The Morgan fingerprint density at radius 3 is 1.10 bits per heavy atom. The van der Waals surface area contributed by atoms with Gasteiger partial charge in [-0.25, -0.2) is 0 Å². The molecule has 0 fully saturated rings. The van der Waals surface area contributed by atoms with Crippen molar-refractivity contribution in [2.75, 3.05) is 0 Å². The van der Waals surface area contributed by atoms with Crippen molar-refractivity contribution in [1.29, 1.82) is 0 Å². The highest BCUT2D eigenvalue weighted by atomic mass is 16.3. The van der Waals surface area contributed by atoms with E-state index in [2.05, 4.69) is 0 Å². The second kappa shape index (κ2) is 13.5. The van der Waals surface area contributed by atoms with Crippen LogP contribution in [0.3, 0.4) is 0 Å². The van der Waals surface area contributed by atoms with Gasteiger partial charge in [0.05, 0.1) is 5.56 Å². The molecule has 10 aromatic carbocycles. The molecule has 0 aliphatic rings. The maximum Gasteiger partial charge on any atom is 0.204 e. The van der Waals surface area contributed by atoms with Crippen LogP contribution >= 0.6 is 0 Å². The van der Waals surface area contributed by atoms with Crippen molar-refractivity contribution in [1.82, 2.24) is 0 Å². The molecule has 0 radical (unpaired) electrons. The molecule has 0 aromatic heterocycles. The van der Waals surface area contributed by atoms with Crippen LogP contribution in [0.2, 0.25) is 0 Å². The molecule has 0 saturated carbocycles. The number of phenols is 7. The van der Waals surface area contributed by atoms with Gasteiger partial charge in [0.1, 0.15) is 5.75 Å². The van der Waals surface area contributed by atoms with E-state index in [9.17, 15) is 35.7 Å². The molecule has 0 spiro atoms. The summed E-state index contributed by atoms with van der Waals surface area (Å²) < 4.78 is 0. The van der Waals surface area contributed by atoms with Gasteiger partial charge in [0, 0.05) is 32.7 Å². The summed E-state index contributed by atoms with van der Waals surface area (Å²) in [5.41, 5.74) is 5.12. The molecule has 0 aliphatic carbocycles. The van der Waals surface area contributed by atoms with Gasteiger partial charge in [-0.3, -0.25) is 0 Å². The number of aromatic hydroxyl groups is 7. The van der Waals surface area contributed by atoms with Crippen molar-refractivity contribution >= 4 is 43.1 Å². The van der Waals surface area contributed by atoms with Crippen molar-refractivity contribution in [3.05, 3.63) is 164 Å². The molecular weight excluding hydrogens is 737 g/mol. The first-order valence-electron chi connectivity index (χ1n) is 19.0. The lowest BCUT2D eigenvalue weighted by atomic mass is 9.81. The first kappa shape index (κ1) is 35.3. The lowest BCUT2D eigenvalue weighted by molar-refractivity contribution is 0.351. The zero-order chi connectivity index (χ0) is 40.5. The minimum Gasteiger partial charge on any atom is -0.506 e. The van der Waals surface area contributed by atoms with Crippen LogP contribution in [-0.4, -0.2) is 35.7 Å². The summed E-state index contributed by atoms with van der Waals surface area (Å²) in [6.07, 6.45) is 0. The Bertz CT molecular complexity index is 3340. The quantitative estimate of drug-likeness (QED) is 0.0525. The minimum absolute atomic E-state index is 0.0265. The third-order valence-electron chi connectivity index (χ3n) is 11.4. The Morgan fingerprint density at radius 1 is 0.203 bits per heavy atom. The van der Waals surface area contributed by atoms with Crippen molar-refractivity contribution in [2.45, 2.75) is 0 Å². The maximum atomic E-state index is 12.7. The molecule has 0 amide bonds. The van der Waals surface area contributed by atoms with E-state index < -0.39 is 40.2 Å². The van der Waals surface area contributed by atoms with Crippen molar-refractivity contribution in [3.63, 3.8) is 0 Å². The van der Waals surface area contributed by atoms with Crippen LogP contribution in [0, 0.1) is 0 Å². The van der Waals surface area contributed by atoms with Gasteiger partial charge in [-0.05, 0) is 78.7 Å². The summed E-state index contributed by atoms with van der Waals surface area (Å²) in [4.78, 5) is 0. The lowest BCUT2D eigenvalue weighted by Crippen LogP contribution is -1.96. The van der Waals surface area contributed by atoms with E-state index in [1.807, 2.05) is 133 Å². The van der Waals surface area contributed by atoms with E-state index in [0.29, 0.717) is 16.7 Å². The predicted octanol–water partition coefficient (Wildman–Crippen LogP) is 12.6. The van der Waals surface area contributed by atoms with E-state index in [-0.39, 0.29) is 38.2 Å². The first-order chi connectivity index (χ1) is 28.7. The fourth-order valence-corrected chi connectivity index (χ4v) is 8.51. The fourth-order valence-electron chi connectivity index (χ4n) is 8.51. The molecule has 0 heterocycles. The summed E-state index contributed by atoms with van der Waals surface area (Å²) >= 11 is 0. The van der Waals surface area contributed by atoms with Crippen LogP contribution in [0.4, 0.5) is 0 Å². The van der Waals surface area contributed by atoms with Gasteiger partial charge in [0.25, 0.3) is 0 Å². The first-order valence-corrected chi connectivity index (χ1v) is 19.0. The average Bonchev–Trinajstić information content (AvgIpc) is 3.28. The molecule has 0 saturated heterocycles. The van der Waals surface area contributed by atoms with Crippen LogP contribution < -0.4 is 0 Å². The molecule has 0 unspecified atom stereocenters. The van der Waals surface area contributed by atoms with Crippen molar-refractivity contribution in [3.8, 4) is 95.9 Å². The van der Waals surface area contributed by atoms with Gasteiger partial charge in [0.15, 0.2) is 23.0 Å². The molecule has 7 heteroatoms. The zero-order valence-electron chi connectivity index (χ0n) is 31.2. The number of phenolic OH excluding ortho intramolecular Hbond substituents is 7. The summed E-state index contributed by atoms with van der Waals surface area (Å²) in [6, 6.07) is 51.3. The molecule has 59 heavy (non-hydrogen) atoms. The Morgan fingerprint density at radius 2 is 0.559 bits per heavy atom. The minimum atomic E-state index is -0.978. The van der Waals surface area contributed by atoms with Gasteiger partial charge >= 0.3 is 0 Å². The lowest BCUT2D eigenvalue weighted by Gasteiger charge is -2.24. The molecule has 0 bridgehead atoms. The SMILES string of the molecule is Oc1c(O)c(O)c2c(-c3ccc4ccccc4c3)c3c(O)c(-c4ccc5ccccc5c4)c(O)c(O)c3c(-c3cccc(-c4ccc(-c5ccccc5)cc4)c3)c2c1O. The molecule has 7 N–H and O–H groups in total. The van der Waals surface area contributed by atoms with E-state index in [1.54, 1.807) is 30.3 Å². The van der Waals surface area contributed by atoms with Gasteiger partial charge < -0.3 is 35.7 Å². The van der Waals surface area contributed by atoms with Crippen LogP contribution in [0.25, 0.3) is 98.7 Å². The van der Waals surface area contributed by atoms with E-state index >= 15 is 0 Å². The molecule has 0 atom stereocenters. The van der Waals surface area contributed by atoms with Gasteiger partial charge in [0.2, 0.25) is 11.5 Å². The van der Waals surface area contributed by atoms with E-state index in [0.717, 1.165) is 43.8 Å². The van der Waals surface area contributed by atoms with Gasteiger partial charge in [-0.2, -0.15) is 0 Å². The second-order valence-corrected chi connectivity index (χ2v) is 14.7. The second-order valence-electron chi connectivity index (χ2n) is 14.7. The topological polar surface area (TPSA) is 142 Å². The highest BCUT2D eigenvalue weighted by Gasteiger charge is 2.32. The molecule has 10 rings (SSSR count). The highest BCUT2D eigenvalue weighted by molar-refractivity contribution is 6.29. The maximum absolute atomic E-state index is 12.7.